The van der Waals surface area contributed by atoms with Gasteiger partial charge in [-0.2, -0.15) is 13.2 Å². The number of carbonyl (C=O) groups excluding carboxylic acids is 1. The Morgan fingerprint density at radius 1 is 1.08 bits per heavy atom. The number of amides is 1. The summed E-state index contributed by atoms with van der Waals surface area (Å²) in [5.74, 6) is -2.94. The van der Waals surface area contributed by atoms with Gasteiger partial charge in [-0.25, -0.2) is 0 Å². The van der Waals surface area contributed by atoms with Gasteiger partial charge in [-0.05, 0) is 54.3 Å². The molecular formula is C28H23ClF3NO5. The molecule has 1 heterocycles. The van der Waals surface area contributed by atoms with Crippen molar-refractivity contribution < 1.29 is 31.9 Å². The van der Waals surface area contributed by atoms with Crippen LogP contribution in [0.1, 0.15) is 36.7 Å². The van der Waals surface area contributed by atoms with Crippen LogP contribution in [0.2, 0.25) is 5.02 Å². The van der Waals surface area contributed by atoms with Gasteiger partial charge >= 0.3 is 6.18 Å². The number of nitrogens with one attached hydrogen (secondary N) is 1. The van der Waals surface area contributed by atoms with Crippen molar-refractivity contribution in [3.05, 3.63) is 92.8 Å². The van der Waals surface area contributed by atoms with Gasteiger partial charge in [0.2, 0.25) is 11.2 Å². The van der Waals surface area contributed by atoms with Crippen molar-refractivity contribution >= 4 is 34.2 Å². The fraction of sp³-hybridized carbons (Fsp3) is 0.214. The molecule has 0 aliphatic heterocycles. The van der Waals surface area contributed by atoms with Gasteiger partial charge in [-0.15, -0.1) is 0 Å². The first kappa shape index (κ1) is 27.1. The minimum Gasteiger partial charge on any atom is -0.484 e. The largest absolute Gasteiger partial charge is 0.484 e. The van der Waals surface area contributed by atoms with Crippen LogP contribution in [0.5, 0.6) is 17.2 Å². The monoisotopic (exact) mass is 545 g/mol. The number of anilines is 1. The van der Waals surface area contributed by atoms with E-state index in [0.717, 1.165) is 6.07 Å². The Hall–Kier alpha value is -3.98. The number of para-hydroxylation sites is 1. The molecule has 0 bridgehead atoms. The van der Waals surface area contributed by atoms with E-state index in [2.05, 4.69) is 5.32 Å². The average Bonchev–Trinajstić information content (AvgIpc) is 2.86. The highest BCUT2D eigenvalue weighted by atomic mass is 35.5. The van der Waals surface area contributed by atoms with Gasteiger partial charge in [0.05, 0.1) is 5.39 Å². The highest BCUT2D eigenvalue weighted by Crippen LogP contribution is 2.40. The molecular weight excluding hydrogens is 523 g/mol. The van der Waals surface area contributed by atoms with E-state index in [1.165, 1.54) is 18.2 Å². The van der Waals surface area contributed by atoms with E-state index in [-0.39, 0.29) is 28.4 Å². The van der Waals surface area contributed by atoms with E-state index in [1.54, 1.807) is 43.3 Å². The first-order chi connectivity index (χ1) is 18.0. The Morgan fingerprint density at radius 2 is 1.82 bits per heavy atom. The zero-order valence-electron chi connectivity index (χ0n) is 20.6. The Kier molecular flexibility index (Phi) is 7.68. The van der Waals surface area contributed by atoms with Crippen molar-refractivity contribution in [2.45, 2.75) is 32.9 Å². The number of carbonyl (C=O) groups is 1. The summed E-state index contributed by atoms with van der Waals surface area (Å²) >= 11 is 6.05. The second-order valence-corrected chi connectivity index (χ2v) is 9.20. The third-order valence-corrected chi connectivity index (χ3v) is 6.15. The van der Waals surface area contributed by atoms with E-state index >= 15 is 0 Å². The number of rotatable bonds is 7. The molecule has 3 aromatic carbocycles. The zero-order valence-corrected chi connectivity index (χ0v) is 21.4. The maximum Gasteiger partial charge on any atom is 0.453 e. The molecule has 6 nitrogen and oxygen atoms in total. The lowest BCUT2D eigenvalue weighted by molar-refractivity contribution is -0.154. The smallest absolute Gasteiger partial charge is 0.453 e. The minimum absolute atomic E-state index is 0.0329. The molecule has 38 heavy (non-hydrogen) atoms. The number of hydrogen-bond acceptors (Lipinski definition) is 5. The molecule has 1 N–H and O–H groups in total. The Morgan fingerprint density at radius 3 is 2.53 bits per heavy atom. The van der Waals surface area contributed by atoms with E-state index in [0.29, 0.717) is 21.8 Å². The van der Waals surface area contributed by atoms with Crippen LogP contribution in [0.25, 0.3) is 11.0 Å². The minimum atomic E-state index is -5.01. The van der Waals surface area contributed by atoms with Gasteiger partial charge in [-0.3, -0.25) is 9.59 Å². The zero-order chi connectivity index (χ0) is 27.6. The van der Waals surface area contributed by atoms with Crippen molar-refractivity contribution in [2.75, 3.05) is 11.9 Å². The number of alkyl halides is 3. The molecule has 0 saturated heterocycles. The van der Waals surface area contributed by atoms with Crippen molar-refractivity contribution in [3.8, 4) is 17.2 Å². The molecule has 0 atom stereocenters. The molecule has 0 fully saturated rings. The number of halogens is 4. The third-order valence-electron chi connectivity index (χ3n) is 5.74. The summed E-state index contributed by atoms with van der Waals surface area (Å²) in [7, 11) is 0. The lowest BCUT2D eigenvalue weighted by atomic mass is 10.0. The highest BCUT2D eigenvalue weighted by molar-refractivity contribution is 6.31. The molecule has 0 radical (unpaired) electrons. The SMILES string of the molecule is Cc1c(Cl)cccc1NC(=O)COc1ccc2c(=O)c(Oc3ccccc3C(C)C)c(C(F)(F)F)oc2c1. The summed E-state index contributed by atoms with van der Waals surface area (Å²) < 4.78 is 57.9. The summed E-state index contributed by atoms with van der Waals surface area (Å²) in [6, 6.07) is 15.3. The van der Waals surface area contributed by atoms with Gasteiger partial charge in [0.15, 0.2) is 6.61 Å². The number of ether oxygens (including phenoxy) is 2. The van der Waals surface area contributed by atoms with Crippen LogP contribution in [0.3, 0.4) is 0 Å². The van der Waals surface area contributed by atoms with Gasteiger partial charge in [0.25, 0.3) is 11.7 Å². The molecule has 1 aromatic heterocycles. The molecule has 0 saturated carbocycles. The quantitative estimate of drug-likeness (QED) is 0.257. The standard InChI is InChI=1S/C28H23ClF3NO5/c1-15(2)18-7-4-5-10-22(18)37-26-25(35)19-12-11-17(13-23(19)38-27(26)28(30,31)32)36-14-24(34)33-21-9-6-8-20(29)16(21)3/h4-13,15H,14H2,1-3H3,(H,33,34). The Bertz CT molecular complexity index is 1560. The number of hydrogen-bond donors (Lipinski definition) is 1. The molecule has 1 amide bonds. The van der Waals surface area contributed by atoms with Crippen LogP contribution in [0.4, 0.5) is 18.9 Å². The van der Waals surface area contributed by atoms with E-state index < -0.39 is 35.6 Å². The summed E-state index contributed by atoms with van der Waals surface area (Å²) in [5.41, 5.74) is 0.448. The molecule has 0 aliphatic rings. The first-order valence-electron chi connectivity index (χ1n) is 11.6. The lowest BCUT2D eigenvalue weighted by Crippen LogP contribution is -2.20. The summed E-state index contributed by atoms with van der Waals surface area (Å²) in [5, 5.41) is 2.99. The highest BCUT2D eigenvalue weighted by Gasteiger charge is 2.40. The molecule has 10 heteroatoms. The average molecular weight is 546 g/mol. The van der Waals surface area contributed by atoms with Gasteiger partial charge in [0.1, 0.15) is 17.1 Å². The third kappa shape index (κ3) is 5.78. The van der Waals surface area contributed by atoms with E-state index in [4.69, 9.17) is 25.5 Å². The molecule has 198 valence electrons. The maximum atomic E-state index is 13.9. The molecule has 0 spiro atoms. The predicted molar refractivity (Wildman–Crippen MR) is 138 cm³/mol. The second kappa shape index (κ2) is 10.8. The van der Waals surface area contributed by atoms with Crippen LogP contribution < -0.4 is 20.2 Å². The van der Waals surface area contributed by atoms with Crippen molar-refractivity contribution in [2.24, 2.45) is 0 Å². The fourth-order valence-corrected chi connectivity index (χ4v) is 3.94. The summed E-state index contributed by atoms with van der Waals surface area (Å²) in [4.78, 5) is 25.4. The second-order valence-electron chi connectivity index (χ2n) is 8.79. The summed E-state index contributed by atoms with van der Waals surface area (Å²) in [6.07, 6.45) is -5.01. The van der Waals surface area contributed by atoms with Crippen molar-refractivity contribution in [3.63, 3.8) is 0 Å². The van der Waals surface area contributed by atoms with Crippen molar-refractivity contribution in [1.29, 1.82) is 0 Å². The van der Waals surface area contributed by atoms with Crippen LogP contribution >= 0.6 is 11.6 Å². The van der Waals surface area contributed by atoms with E-state index in [1.807, 2.05) is 13.8 Å². The number of benzene rings is 3. The molecule has 4 rings (SSSR count). The fourth-order valence-electron chi connectivity index (χ4n) is 3.76. The Balaban J connectivity index is 1.63. The number of fused-ring (bicyclic) bond motifs is 1. The molecule has 0 unspecified atom stereocenters. The van der Waals surface area contributed by atoms with Gasteiger partial charge < -0.3 is 19.2 Å². The van der Waals surface area contributed by atoms with Gasteiger partial charge in [0, 0.05) is 16.8 Å². The topological polar surface area (TPSA) is 77.8 Å². The first-order valence-corrected chi connectivity index (χ1v) is 12.0. The maximum absolute atomic E-state index is 13.9. The predicted octanol–water partition coefficient (Wildman–Crippen LogP) is 7.71. The van der Waals surface area contributed by atoms with E-state index in [9.17, 15) is 22.8 Å². The van der Waals surface area contributed by atoms with Crippen LogP contribution in [-0.4, -0.2) is 12.5 Å². The Labute approximate surface area is 220 Å². The lowest BCUT2D eigenvalue weighted by Gasteiger charge is -2.16. The molecule has 0 aliphatic carbocycles. The normalized spacial score (nSPS) is 11.6. The van der Waals surface area contributed by atoms with Crippen molar-refractivity contribution in [1.82, 2.24) is 0 Å². The molecule has 4 aromatic rings. The van der Waals surface area contributed by atoms with Gasteiger partial charge in [-0.1, -0.05) is 49.7 Å². The summed E-state index contributed by atoms with van der Waals surface area (Å²) in [6.45, 7) is 5.00. The van der Waals surface area contributed by atoms with Crippen LogP contribution in [-0.2, 0) is 11.0 Å². The van der Waals surface area contributed by atoms with Crippen LogP contribution in [0.15, 0.2) is 69.9 Å². The van der Waals surface area contributed by atoms with Crippen LogP contribution in [0, 0.1) is 6.92 Å².